The van der Waals surface area contributed by atoms with E-state index in [1.807, 2.05) is 0 Å². The predicted octanol–water partition coefficient (Wildman–Crippen LogP) is 7.95. The highest BCUT2D eigenvalue weighted by Gasteiger charge is 2.59. The molecular weight excluding hydrogens is 580 g/mol. The van der Waals surface area contributed by atoms with Crippen LogP contribution in [-0.4, -0.2) is 62.8 Å². The summed E-state index contributed by atoms with van der Waals surface area (Å²) < 4.78 is 6.21. The Hall–Kier alpha value is -0.950. The number of carbonyl (C=O) groups is 1. The lowest BCUT2D eigenvalue weighted by Gasteiger charge is -2.58. The molecule has 4 rings (SSSR count). The molecule has 0 bridgehead atoms. The largest absolute Gasteiger partial charge is 0.461 e. The van der Waals surface area contributed by atoms with Gasteiger partial charge in [0.25, 0.3) is 0 Å². The van der Waals surface area contributed by atoms with Crippen molar-refractivity contribution in [2.24, 2.45) is 63.7 Å². The average Bonchev–Trinajstić information content (AvgIpc) is 3.40. The number of carbonyl (C=O) groups excluding carboxylic acids is 1. The lowest BCUT2D eigenvalue weighted by Crippen LogP contribution is -2.51. The number of hydrogen-bond donors (Lipinski definition) is 3. The Morgan fingerprint density at radius 1 is 0.957 bits per heavy atom. The number of rotatable bonds is 20. The van der Waals surface area contributed by atoms with E-state index < -0.39 is 0 Å². The Balaban J connectivity index is 1.29. The number of ether oxygens (including phenoxy) is 1. The molecule has 9 atom stereocenters. The second-order valence-corrected chi connectivity index (χ2v) is 17.3. The van der Waals surface area contributed by atoms with E-state index in [-0.39, 0.29) is 17.5 Å². The van der Waals surface area contributed by atoms with Crippen LogP contribution in [-0.2, 0) is 9.53 Å². The molecule has 6 heteroatoms. The van der Waals surface area contributed by atoms with Crippen molar-refractivity contribution < 1.29 is 9.53 Å². The molecule has 47 heavy (non-hydrogen) atoms. The number of hydrogen-bond acceptors (Lipinski definition) is 6. The number of esters is 1. The summed E-state index contributed by atoms with van der Waals surface area (Å²) in [7, 11) is 0. The van der Waals surface area contributed by atoms with Crippen LogP contribution >= 0.6 is 0 Å². The zero-order valence-electron chi connectivity index (χ0n) is 31.7. The van der Waals surface area contributed by atoms with Crippen LogP contribution < -0.4 is 16.8 Å². The molecule has 4 aliphatic carbocycles. The number of allylic oxidation sites excluding steroid dienone is 1. The third-order valence-electron chi connectivity index (χ3n) is 14.2. The second-order valence-electron chi connectivity index (χ2n) is 17.3. The van der Waals surface area contributed by atoms with E-state index in [4.69, 9.17) is 16.2 Å². The summed E-state index contributed by atoms with van der Waals surface area (Å²) in [6, 6.07) is 0. The van der Waals surface area contributed by atoms with Gasteiger partial charge in [0.1, 0.15) is 6.10 Å². The highest BCUT2D eigenvalue weighted by molar-refractivity contribution is 5.72. The Morgan fingerprint density at radius 2 is 1.70 bits per heavy atom. The number of unbranched alkanes of at least 4 members (excludes halogenated alkanes) is 1. The molecule has 6 nitrogen and oxygen atoms in total. The van der Waals surface area contributed by atoms with Crippen LogP contribution in [0.1, 0.15) is 138 Å². The maximum absolute atomic E-state index is 13.2. The van der Waals surface area contributed by atoms with Gasteiger partial charge in [-0.15, -0.1) is 0 Å². The fraction of sp³-hybridized carbons (Fsp3) is 0.927. The Labute approximate surface area is 290 Å². The highest BCUT2D eigenvalue weighted by atomic mass is 16.5. The fourth-order valence-electron chi connectivity index (χ4n) is 11.3. The van der Waals surface area contributed by atoms with Gasteiger partial charge in [-0.1, -0.05) is 66.0 Å². The molecule has 4 aliphatic rings. The number of nitrogens with zero attached hydrogens (tertiary/aromatic N) is 1. The average molecular weight is 657 g/mol. The first-order valence-electron chi connectivity index (χ1n) is 20.3. The third-order valence-corrected chi connectivity index (χ3v) is 14.2. The van der Waals surface area contributed by atoms with Gasteiger partial charge in [-0.05, 0) is 169 Å². The molecule has 0 amide bonds. The van der Waals surface area contributed by atoms with Crippen molar-refractivity contribution >= 4 is 5.97 Å². The summed E-state index contributed by atoms with van der Waals surface area (Å²) in [6.07, 6.45) is 21.0. The minimum Gasteiger partial charge on any atom is -0.461 e. The van der Waals surface area contributed by atoms with Crippen molar-refractivity contribution in [3.8, 4) is 0 Å². The summed E-state index contributed by atoms with van der Waals surface area (Å²) >= 11 is 0. The quantitative estimate of drug-likeness (QED) is 0.0700. The van der Waals surface area contributed by atoms with Crippen LogP contribution in [0.5, 0.6) is 0 Å². The van der Waals surface area contributed by atoms with Crippen molar-refractivity contribution in [2.45, 2.75) is 144 Å². The summed E-state index contributed by atoms with van der Waals surface area (Å²) in [5.74, 6) is 5.90. The molecule has 3 saturated carbocycles. The topological polar surface area (TPSA) is 93.6 Å². The van der Waals surface area contributed by atoms with Gasteiger partial charge >= 0.3 is 5.97 Å². The van der Waals surface area contributed by atoms with E-state index in [0.717, 1.165) is 113 Å². The zero-order chi connectivity index (χ0) is 34.0. The highest BCUT2D eigenvalue weighted by Crippen LogP contribution is 2.67. The molecule has 0 saturated heterocycles. The standard InChI is InChI=1S/C41H76N4O2/c1-7-32(30(2)3)13-12-31(4)36-16-17-37-35-15-14-33-28-34(18-20-40(33,5)38(35)19-21-41(36,37)6)47-39(46)29-45(27-11-23-43)26-9-8-24-44-25-10-22-42/h14,30-32,34-38,44H,7-13,15-29,42-43H2,1-6H3/t31-,32-,34+,35+,36-,37+,38+,40+,41-/m1/s1. The maximum atomic E-state index is 13.2. The van der Waals surface area contributed by atoms with E-state index >= 15 is 0 Å². The van der Waals surface area contributed by atoms with Gasteiger partial charge in [-0.25, -0.2) is 0 Å². The van der Waals surface area contributed by atoms with Gasteiger partial charge in [0.05, 0.1) is 6.54 Å². The molecule has 0 aromatic heterocycles. The van der Waals surface area contributed by atoms with Crippen molar-refractivity contribution in [2.75, 3.05) is 45.8 Å². The van der Waals surface area contributed by atoms with Crippen molar-refractivity contribution in [1.82, 2.24) is 10.2 Å². The molecule has 0 radical (unpaired) electrons. The van der Waals surface area contributed by atoms with Gasteiger partial charge in [-0.3, -0.25) is 9.69 Å². The van der Waals surface area contributed by atoms with Crippen LogP contribution in [0.25, 0.3) is 0 Å². The minimum atomic E-state index is -0.0517. The summed E-state index contributed by atoms with van der Waals surface area (Å²) in [5, 5.41) is 3.46. The van der Waals surface area contributed by atoms with Gasteiger partial charge < -0.3 is 21.5 Å². The van der Waals surface area contributed by atoms with Crippen LogP contribution in [0.4, 0.5) is 0 Å². The second kappa shape index (κ2) is 18.3. The van der Waals surface area contributed by atoms with E-state index in [1.54, 1.807) is 5.57 Å². The first kappa shape index (κ1) is 38.8. The Bertz CT molecular complexity index is 984. The molecule has 0 aromatic carbocycles. The smallest absolute Gasteiger partial charge is 0.320 e. The van der Waals surface area contributed by atoms with Gasteiger partial charge in [0.15, 0.2) is 0 Å². The number of nitrogens with two attached hydrogens (primary N) is 2. The molecule has 272 valence electrons. The predicted molar refractivity (Wildman–Crippen MR) is 198 cm³/mol. The van der Waals surface area contributed by atoms with Crippen molar-refractivity contribution in [3.63, 3.8) is 0 Å². The summed E-state index contributed by atoms with van der Waals surface area (Å²) in [6.45, 7) is 20.7. The Morgan fingerprint density at radius 3 is 2.43 bits per heavy atom. The van der Waals surface area contributed by atoms with Gasteiger partial charge in [0.2, 0.25) is 0 Å². The SMILES string of the molecule is CC[C@H](CC[C@@H](C)[C@H]1CC[C@H]2[C@@H]3CC=C4C[C@@H](OC(=O)CN(CCCN)CCCCNCCCN)CC[C@]4(C)[C@H]3CC[C@]12C)C(C)C. The maximum Gasteiger partial charge on any atom is 0.320 e. The first-order valence-corrected chi connectivity index (χ1v) is 20.3. The lowest BCUT2D eigenvalue weighted by atomic mass is 9.47. The molecule has 5 N–H and O–H groups in total. The zero-order valence-corrected chi connectivity index (χ0v) is 31.7. The van der Waals surface area contributed by atoms with E-state index in [0.29, 0.717) is 18.5 Å². The van der Waals surface area contributed by atoms with Crippen LogP contribution in [0, 0.1) is 52.3 Å². The molecule has 3 fully saturated rings. The monoisotopic (exact) mass is 657 g/mol. The normalized spacial score (nSPS) is 33.2. The molecule has 0 unspecified atom stereocenters. The van der Waals surface area contributed by atoms with Crippen molar-refractivity contribution in [1.29, 1.82) is 0 Å². The number of nitrogens with one attached hydrogen (secondary N) is 1. The fourth-order valence-corrected chi connectivity index (χ4v) is 11.3. The van der Waals surface area contributed by atoms with E-state index in [1.165, 1.54) is 57.8 Å². The Kier molecular flexibility index (Phi) is 15.2. The minimum absolute atomic E-state index is 0.0323. The lowest BCUT2D eigenvalue weighted by molar-refractivity contribution is -0.152. The van der Waals surface area contributed by atoms with E-state index in [9.17, 15) is 4.79 Å². The van der Waals surface area contributed by atoms with Crippen LogP contribution in [0.15, 0.2) is 11.6 Å². The van der Waals surface area contributed by atoms with Crippen LogP contribution in [0.2, 0.25) is 0 Å². The molecule has 0 heterocycles. The van der Waals surface area contributed by atoms with E-state index in [2.05, 4.69) is 57.8 Å². The molecule has 0 aliphatic heterocycles. The van der Waals surface area contributed by atoms with Crippen LogP contribution in [0.3, 0.4) is 0 Å². The van der Waals surface area contributed by atoms with Crippen molar-refractivity contribution in [3.05, 3.63) is 11.6 Å². The van der Waals surface area contributed by atoms with Gasteiger partial charge in [0, 0.05) is 6.42 Å². The molecule has 0 aromatic rings. The summed E-state index contributed by atoms with van der Waals surface area (Å²) in [5.41, 5.74) is 13.8. The number of fused-ring (bicyclic) bond motifs is 5. The third kappa shape index (κ3) is 9.64. The summed E-state index contributed by atoms with van der Waals surface area (Å²) in [4.78, 5) is 15.5. The van der Waals surface area contributed by atoms with Gasteiger partial charge in [-0.2, -0.15) is 0 Å². The first-order chi connectivity index (χ1) is 22.6. The molecular formula is C41H76N4O2. The molecule has 0 spiro atoms.